The summed E-state index contributed by atoms with van der Waals surface area (Å²) in [6, 6.07) is 3.33. The lowest BCUT2D eigenvalue weighted by Crippen LogP contribution is -2.47. The Morgan fingerprint density at radius 2 is 2.13 bits per heavy atom. The van der Waals surface area contributed by atoms with Gasteiger partial charge < -0.3 is 10.5 Å². The normalized spacial score (nSPS) is 19.0. The Labute approximate surface area is 141 Å². The molecule has 1 heterocycles. The van der Waals surface area contributed by atoms with Gasteiger partial charge in [0.05, 0.1) is 16.9 Å². The molecule has 8 nitrogen and oxygen atoms in total. The number of ether oxygens (including phenoxy) is 1. The van der Waals surface area contributed by atoms with Gasteiger partial charge in [-0.25, -0.2) is 8.42 Å². The molecule has 0 radical (unpaired) electrons. The van der Waals surface area contributed by atoms with E-state index in [1.807, 2.05) is 0 Å². The molecular formula is C13H20ClN3O5S. The summed E-state index contributed by atoms with van der Waals surface area (Å²) in [6.45, 7) is 0.660. The van der Waals surface area contributed by atoms with Crippen molar-refractivity contribution in [3.63, 3.8) is 0 Å². The molecule has 1 aliphatic rings. The Morgan fingerprint density at radius 3 is 2.70 bits per heavy atom. The highest BCUT2D eigenvalue weighted by molar-refractivity contribution is 7.89. The number of nitro benzene ring substituents is 1. The van der Waals surface area contributed by atoms with E-state index >= 15 is 0 Å². The second-order valence-electron chi connectivity index (χ2n) is 5.09. The second-order valence-corrected chi connectivity index (χ2v) is 6.98. The molecule has 1 atom stereocenters. The van der Waals surface area contributed by atoms with Gasteiger partial charge >= 0.3 is 5.69 Å². The first-order valence-electron chi connectivity index (χ1n) is 6.96. The number of benzene rings is 1. The zero-order chi connectivity index (χ0) is 16.3. The van der Waals surface area contributed by atoms with Crippen molar-refractivity contribution in [2.24, 2.45) is 5.73 Å². The number of piperidine rings is 1. The highest BCUT2D eigenvalue weighted by Gasteiger charge is 2.33. The molecule has 1 aliphatic heterocycles. The summed E-state index contributed by atoms with van der Waals surface area (Å²) in [4.78, 5) is 10.3. The fourth-order valence-corrected chi connectivity index (χ4v) is 4.35. The predicted molar refractivity (Wildman–Crippen MR) is 87.5 cm³/mol. The standard InChI is InChI=1S/C13H19N3O5S.ClH/c1-21-13-8-11(5-6-12(13)16(17)18)22(19,20)15-7-3-2-4-10(15)9-14;/h5-6,8,10H,2-4,7,9,14H2,1H3;1H. The Hall–Kier alpha value is -1.42. The quantitative estimate of drug-likeness (QED) is 0.624. The van der Waals surface area contributed by atoms with Crippen molar-refractivity contribution < 1.29 is 18.1 Å². The largest absolute Gasteiger partial charge is 0.490 e. The molecular weight excluding hydrogens is 346 g/mol. The van der Waals surface area contributed by atoms with E-state index in [2.05, 4.69) is 0 Å². The lowest BCUT2D eigenvalue weighted by Gasteiger charge is -2.33. The van der Waals surface area contributed by atoms with Crippen LogP contribution < -0.4 is 10.5 Å². The third-order valence-corrected chi connectivity index (χ3v) is 5.75. The average molecular weight is 366 g/mol. The molecule has 1 saturated heterocycles. The second kappa shape index (κ2) is 7.91. The van der Waals surface area contributed by atoms with Gasteiger partial charge in [-0.15, -0.1) is 12.4 Å². The average Bonchev–Trinajstić information content (AvgIpc) is 2.53. The first-order chi connectivity index (χ1) is 10.4. The number of hydrogen-bond donors (Lipinski definition) is 1. The van der Waals surface area contributed by atoms with Crippen molar-refractivity contribution in [1.82, 2.24) is 4.31 Å². The monoisotopic (exact) mass is 365 g/mol. The summed E-state index contributed by atoms with van der Waals surface area (Å²) in [6.07, 6.45) is 2.44. The number of rotatable bonds is 5. The Morgan fingerprint density at radius 1 is 1.43 bits per heavy atom. The van der Waals surface area contributed by atoms with E-state index in [9.17, 15) is 18.5 Å². The first-order valence-corrected chi connectivity index (χ1v) is 8.40. The topological polar surface area (TPSA) is 116 Å². The van der Waals surface area contributed by atoms with Crippen molar-refractivity contribution in [1.29, 1.82) is 0 Å². The molecule has 2 N–H and O–H groups in total. The van der Waals surface area contributed by atoms with Crippen LogP contribution in [0.15, 0.2) is 23.1 Å². The zero-order valence-corrected chi connectivity index (χ0v) is 14.3. The molecule has 1 fully saturated rings. The maximum atomic E-state index is 12.8. The highest BCUT2D eigenvalue weighted by Crippen LogP contribution is 2.32. The Balaban J connectivity index is 0.00000264. The van der Waals surface area contributed by atoms with Gasteiger partial charge in [0.1, 0.15) is 0 Å². The minimum atomic E-state index is -3.75. The maximum Gasteiger partial charge on any atom is 0.310 e. The maximum absolute atomic E-state index is 12.8. The van der Waals surface area contributed by atoms with E-state index < -0.39 is 14.9 Å². The van der Waals surface area contributed by atoms with Crippen LogP contribution in [0.3, 0.4) is 0 Å². The van der Waals surface area contributed by atoms with Crippen LogP contribution in [0.5, 0.6) is 5.75 Å². The van der Waals surface area contributed by atoms with Crippen molar-refractivity contribution >= 4 is 28.1 Å². The van der Waals surface area contributed by atoms with Crippen LogP contribution >= 0.6 is 12.4 Å². The number of nitrogens with zero attached hydrogens (tertiary/aromatic N) is 2. The highest BCUT2D eigenvalue weighted by atomic mass is 35.5. The van der Waals surface area contributed by atoms with Crippen molar-refractivity contribution in [3.8, 4) is 5.75 Å². The lowest BCUT2D eigenvalue weighted by atomic mass is 10.1. The molecule has 130 valence electrons. The van der Waals surface area contributed by atoms with Gasteiger partial charge in [-0.2, -0.15) is 4.31 Å². The molecule has 0 spiro atoms. The number of methoxy groups -OCH3 is 1. The number of nitrogens with two attached hydrogens (primary N) is 1. The van der Waals surface area contributed by atoms with E-state index in [0.717, 1.165) is 25.3 Å². The third-order valence-electron chi connectivity index (χ3n) is 3.80. The van der Waals surface area contributed by atoms with E-state index in [1.165, 1.54) is 23.5 Å². The van der Waals surface area contributed by atoms with Crippen LogP contribution in [0.1, 0.15) is 19.3 Å². The van der Waals surface area contributed by atoms with E-state index in [-0.39, 0.29) is 41.3 Å². The van der Waals surface area contributed by atoms with Gasteiger partial charge in [-0.05, 0) is 18.9 Å². The minimum Gasteiger partial charge on any atom is -0.490 e. The van der Waals surface area contributed by atoms with E-state index in [0.29, 0.717) is 6.54 Å². The van der Waals surface area contributed by atoms with Gasteiger partial charge in [0, 0.05) is 31.3 Å². The van der Waals surface area contributed by atoms with Crippen LogP contribution in [0.4, 0.5) is 5.69 Å². The zero-order valence-electron chi connectivity index (χ0n) is 12.7. The van der Waals surface area contributed by atoms with Gasteiger partial charge in [0.15, 0.2) is 5.75 Å². The lowest BCUT2D eigenvalue weighted by molar-refractivity contribution is -0.385. The Kier molecular flexibility index (Phi) is 6.75. The molecule has 0 amide bonds. The molecule has 23 heavy (non-hydrogen) atoms. The molecule has 0 aromatic heterocycles. The molecule has 0 bridgehead atoms. The van der Waals surface area contributed by atoms with Crippen LogP contribution in [-0.4, -0.2) is 43.9 Å². The van der Waals surface area contributed by atoms with Crippen LogP contribution in [0.25, 0.3) is 0 Å². The van der Waals surface area contributed by atoms with Crippen molar-refractivity contribution in [2.75, 3.05) is 20.2 Å². The smallest absolute Gasteiger partial charge is 0.310 e. The van der Waals surface area contributed by atoms with Crippen LogP contribution in [0.2, 0.25) is 0 Å². The minimum absolute atomic E-state index is 0. The third kappa shape index (κ3) is 3.92. The van der Waals surface area contributed by atoms with E-state index in [4.69, 9.17) is 10.5 Å². The number of nitro groups is 1. The predicted octanol–water partition coefficient (Wildman–Crippen LogP) is 1.53. The summed E-state index contributed by atoms with van der Waals surface area (Å²) in [5, 5.41) is 10.9. The summed E-state index contributed by atoms with van der Waals surface area (Å²) in [5.41, 5.74) is 5.40. The molecule has 1 unspecified atom stereocenters. The summed E-state index contributed by atoms with van der Waals surface area (Å²) >= 11 is 0. The fourth-order valence-electron chi connectivity index (χ4n) is 2.63. The number of halogens is 1. The van der Waals surface area contributed by atoms with Gasteiger partial charge in [-0.3, -0.25) is 10.1 Å². The molecule has 1 aromatic rings. The van der Waals surface area contributed by atoms with Gasteiger partial charge in [0.25, 0.3) is 0 Å². The van der Waals surface area contributed by atoms with Crippen molar-refractivity contribution in [3.05, 3.63) is 28.3 Å². The summed E-state index contributed by atoms with van der Waals surface area (Å²) in [5.74, 6) is -0.0765. The summed E-state index contributed by atoms with van der Waals surface area (Å²) < 4.78 is 31.8. The fraction of sp³-hybridized carbons (Fsp3) is 0.538. The SMILES string of the molecule is COc1cc(S(=O)(=O)N2CCCCC2CN)ccc1[N+](=O)[O-].Cl. The molecule has 10 heteroatoms. The number of sulfonamides is 1. The van der Waals surface area contributed by atoms with Gasteiger partial charge in [-0.1, -0.05) is 6.42 Å². The van der Waals surface area contributed by atoms with Crippen molar-refractivity contribution in [2.45, 2.75) is 30.2 Å². The van der Waals surface area contributed by atoms with Gasteiger partial charge in [0.2, 0.25) is 10.0 Å². The number of hydrogen-bond acceptors (Lipinski definition) is 6. The summed E-state index contributed by atoms with van der Waals surface area (Å²) in [7, 11) is -2.48. The molecule has 1 aromatic carbocycles. The van der Waals surface area contributed by atoms with Crippen LogP contribution in [-0.2, 0) is 10.0 Å². The first kappa shape index (κ1) is 19.6. The molecule has 0 aliphatic carbocycles. The Bertz CT molecular complexity index is 668. The molecule has 2 rings (SSSR count). The molecule has 0 saturated carbocycles. The van der Waals surface area contributed by atoms with Crippen LogP contribution in [0, 0.1) is 10.1 Å². The van der Waals surface area contributed by atoms with E-state index in [1.54, 1.807) is 0 Å².